The number of hydrogen-bond donors (Lipinski definition) is 2. The van der Waals surface area contributed by atoms with Gasteiger partial charge in [-0.2, -0.15) is 0 Å². The number of amides is 2. The predicted molar refractivity (Wildman–Crippen MR) is 226 cm³/mol. The average Bonchev–Trinajstić information content (AvgIpc) is 3.91. The summed E-state index contributed by atoms with van der Waals surface area (Å²) in [5.41, 5.74) is 2.45. The van der Waals surface area contributed by atoms with Crippen molar-refractivity contribution in [1.82, 2.24) is 20.3 Å². The Bertz CT molecular complexity index is 2360. The van der Waals surface area contributed by atoms with E-state index < -0.39 is 24.7 Å². The van der Waals surface area contributed by atoms with Crippen LogP contribution in [0.1, 0.15) is 41.6 Å². The van der Waals surface area contributed by atoms with Crippen molar-refractivity contribution in [3.8, 4) is 5.75 Å². The summed E-state index contributed by atoms with van der Waals surface area (Å²) in [6.07, 6.45) is 1.90. The Morgan fingerprint density at radius 1 is 1.05 bits per heavy atom. The van der Waals surface area contributed by atoms with Gasteiger partial charge in [0.1, 0.15) is 5.75 Å². The second kappa shape index (κ2) is 16.1. The monoisotopic (exact) mass is 815 g/mol. The topological polar surface area (TPSA) is 165 Å². The summed E-state index contributed by atoms with van der Waals surface area (Å²) < 4.78 is 14.5. The van der Waals surface area contributed by atoms with Crippen LogP contribution in [-0.2, 0) is 33.0 Å². The van der Waals surface area contributed by atoms with E-state index in [-0.39, 0.29) is 54.6 Å². The minimum Gasteiger partial charge on any atom is -0.497 e. The highest BCUT2D eigenvalue weighted by molar-refractivity contribution is 6.91. The Labute approximate surface area is 343 Å². The van der Waals surface area contributed by atoms with E-state index in [1.54, 1.807) is 27.7 Å². The van der Waals surface area contributed by atoms with Crippen LogP contribution in [0.15, 0.2) is 103 Å². The molecule has 4 aromatic carbocycles. The third kappa shape index (κ3) is 7.21. The summed E-state index contributed by atoms with van der Waals surface area (Å²) >= 11 is 0. The number of anilines is 2. The lowest BCUT2D eigenvalue weighted by atomic mass is 9.82. The molecule has 4 heterocycles. The molecule has 0 saturated carbocycles. The lowest BCUT2D eigenvalue weighted by Gasteiger charge is -2.37. The average molecular weight is 816 g/mol. The molecule has 0 bridgehead atoms. The number of carbonyl (C=O) groups excluding carboxylic acids is 2. The molecule has 8 rings (SSSR count). The maximum Gasteiger partial charge on any atom is 0.269 e. The van der Waals surface area contributed by atoms with Crippen LogP contribution < -0.4 is 25.0 Å². The molecule has 0 aliphatic carbocycles. The summed E-state index contributed by atoms with van der Waals surface area (Å²) in [5.74, 6) is -0.273. The summed E-state index contributed by atoms with van der Waals surface area (Å²) in [5, 5.41) is 35.8. The lowest BCUT2D eigenvalue weighted by Crippen LogP contribution is -2.51. The normalized spacial score (nSPS) is 22.2. The summed E-state index contributed by atoms with van der Waals surface area (Å²) in [4.78, 5) is 43.5. The molecule has 5 atom stereocenters. The molecule has 3 aliphatic heterocycles. The van der Waals surface area contributed by atoms with Crippen LogP contribution in [0.3, 0.4) is 0 Å². The minimum absolute atomic E-state index is 0.0253. The predicted octanol–water partition coefficient (Wildman–Crippen LogP) is 5.11. The molecule has 14 nitrogen and oxygen atoms in total. The van der Waals surface area contributed by atoms with Gasteiger partial charge < -0.3 is 29.7 Å². The third-order valence-corrected chi connectivity index (χ3v) is 17.0. The molecule has 1 aromatic heterocycles. The molecule has 2 N–H and O–H groups in total. The number of aliphatic hydroxyl groups excluding tert-OH is 1. The van der Waals surface area contributed by atoms with E-state index >= 15 is 4.79 Å². The molecule has 2 amide bonds. The first kappa shape index (κ1) is 40.1. The number of fused-ring (bicyclic) bond motifs is 2. The van der Waals surface area contributed by atoms with E-state index in [9.17, 15) is 20.0 Å². The minimum atomic E-state index is -2.52. The van der Waals surface area contributed by atoms with E-state index in [4.69, 9.17) is 9.47 Å². The largest absolute Gasteiger partial charge is 0.497 e. The zero-order chi connectivity index (χ0) is 41.5. The fraction of sp³-hybridized carbons (Fsp3) is 0.364. The number of rotatable bonds is 13. The molecule has 3 aliphatic rings. The molecule has 2 fully saturated rings. The van der Waals surface area contributed by atoms with Crippen LogP contribution >= 0.6 is 0 Å². The second-order valence-electron chi connectivity index (χ2n) is 16.2. The van der Waals surface area contributed by atoms with E-state index in [0.29, 0.717) is 43.0 Å². The van der Waals surface area contributed by atoms with Gasteiger partial charge in [-0.15, -0.1) is 5.10 Å². The first-order chi connectivity index (χ1) is 28.5. The van der Waals surface area contributed by atoms with Gasteiger partial charge in [-0.1, -0.05) is 85.0 Å². The van der Waals surface area contributed by atoms with Crippen LogP contribution in [0.25, 0.3) is 0 Å². The van der Waals surface area contributed by atoms with Crippen LogP contribution in [0.4, 0.5) is 17.1 Å². The SMILES string of the molecule is COc1ccc([Si](C)(C)[C@H]2[C@H](CCn3cc(C(CO)c4ccccc4)nn3)O[C@@]3(C(=O)N(Cc4cccc(N5CCNCC5=O)c4)c4ccc([N+](=O)[O-])cc43)[C@@H]2C)cc1. The molecule has 1 unspecified atom stereocenters. The highest BCUT2D eigenvalue weighted by Gasteiger charge is 2.66. The number of benzene rings is 4. The van der Waals surface area contributed by atoms with Crippen LogP contribution in [0.5, 0.6) is 5.75 Å². The van der Waals surface area contributed by atoms with Crippen LogP contribution in [-0.4, -0.2) is 84.4 Å². The van der Waals surface area contributed by atoms with Crippen molar-refractivity contribution in [2.24, 2.45) is 5.92 Å². The smallest absolute Gasteiger partial charge is 0.269 e. The maximum absolute atomic E-state index is 15.4. The highest BCUT2D eigenvalue weighted by Crippen LogP contribution is 2.60. The summed E-state index contributed by atoms with van der Waals surface area (Å²) in [6.45, 7) is 8.59. The molecule has 2 saturated heterocycles. The Balaban J connectivity index is 1.17. The number of methoxy groups -OCH3 is 1. The van der Waals surface area contributed by atoms with Crippen molar-refractivity contribution < 1.29 is 29.1 Å². The van der Waals surface area contributed by atoms with Gasteiger partial charge in [0.2, 0.25) is 5.91 Å². The second-order valence-corrected chi connectivity index (χ2v) is 20.9. The Morgan fingerprint density at radius 3 is 2.54 bits per heavy atom. The number of aliphatic hydroxyl groups is 1. The lowest BCUT2D eigenvalue weighted by molar-refractivity contribution is -0.385. The van der Waals surface area contributed by atoms with Gasteiger partial charge in [0, 0.05) is 55.1 Å². The maximum atomic E-state index is 15.4. The molecule has 306 valence electrons. The number of nitro benzene ring substituents is 1. The van der Waals surface area contributed by atoms with Gasteiger partial charge in [0.05, 0.1) is 63.2 Å². The zero-order valence-corrected chi connectivity index (χ0v) is 34.7. The van der Waals surface area contributed by atoms with Crippen LogP contribution in [0, 0.1) is 16.0 Å². The van der Waals surface area contributed by atoms with Gasteiger partial charge in [0.25, 0.3) is 11.6 Å². The van der Waals surface area contributed by atoms with Crippen LogP contribution in [0.2, 0.25) is 18.6 Å². The van der Waals surface area contributed by atoms with Crippen molar-refractivity contribution in [2.45, 2.75) is 62.7 Å². The molecule has 59 heavy (non-hydrogen) atoms. The Hall–Kier alpha value is -5.74. The highest BCUT2D eigenvalue weighted by atomic mass is 28.3. The van der Waals surface area contributed by atoms with E-state index in [0.717, 1.165) is 22.6 Å². The Kier molecular flexibility index (Phi) is 11.0. The van der Waals surface area contributed by atoms with E-state index in [1.807, 2.05) is 72.9 Å². The van der Waals surface area contributed by atoms with Crippen molar-refractivity contribution in [2.75, 3.05) is 43.2 Å². The summed E-state index contributed by atoms with van der Waals surface area (Å²) in [7, 11) is -0.888. The molecule has 5 aromatic rings. The number of piperazine rings is 1. The van der Waals surface area contributed by atoms with Crippen molar-refractivity contribution >= 4 is 42.1 Å². The van der Waals surface area contributed by atoms with Gasteiger partial charge in [-0.3, -0.25) is 24.4 Å². The number of aromatic nitrogens is 3. The molecule has 0 radical (unpaired) electrons. The quantitative estimate of drug-likeness (QED) is 0.0928. The number of nitrogens with zero attached hydrogens (tertiary/aromatic N) is 6. The number of ether oxygens (including phenoxy) is 2. The fourth-order valence-electron chi connectivity index (χ4n) is 9.62. The Morgan fingerprint density at radius 2 is 1.83 bits per heavy atom. The zero-order valence-electron chi connectivity index (χ0n) is 33.7. The number of nitrogens with one attached hydrogen (secondary N) is 1. The van der Waals surface area contributed by atoms with E-state index in [1.165, 1.54) is 17.3 Å². The number of non-ortho nitro benzene ring substituents is 1. The number of nitro groups is 1. The van der Waals surface area contributed by atoms with E-state index in [2.05, 4.69) is 47.8 Å². The van der Waals surface area contributed by atoms with Gasteiger partial charge in [0.15, 0.2) is 5.60 Å². The first-order valence-electron chi connectivity index (χ1n) is 20.0. The fourth-order valence-corrected chi connectivity index (χ4v) is 13.7. The first-order valence-corrected chi connectivity index (χ1v) is 23.1. The number of aryl methyl sites for hydroxylation is 1. The van der Waals surface area contributed by atoms with Crippen molar-refractivity contribution in [1.29, 1.82) is 0 Å². The molecular weight excluding hydrogens is 767 g/mol. The van der Waals surface area contributed by atoms with Gasteiger partial charge in [-0.25, -0.2) is 0 Å². The van der Waals surface area contributed by atoms with Gasteiger partial charge in [-0.05, 0) is 53.4 Å². The molecular formula is C44H49N7O7Si. The van der Waals surface area contributed by atoms with Crippen molar-refractivity contribution in [3.63, 3.8) is 0 Å². The summed E-state index contributed by atoms with van der Waals surface area (Å²) in [6, 6.07) is 30.1. The number of carbonyl (C=O) groups is 2. The third-order valence-electron chi connectivity index (χ3n) is 12.6. The van der Waals surface area contributed by atoms with Gasteiger partial charge >= 0.3 is 0 Å². The number of hydrogen-bond acceptors (Lipinski definition) is 10. The molecule has 15 heteroatoms. The van der Waals surface area contributed by atoms with Crippen molar-refractivity contribution in [3.05, 3.63) is 136 Å². The molecule has 1 spiro atoms. The standard InChI is InChI=1S/C44H49N7O7Si/c1-29-42(59(3,4)35-16-14-34(57-2)15-17-35)40(19-21-48-27-38(46-47-48)36(28-52)31-10-6-5-7-11-31)58-44(29)37-24-33(51(55)56)13-18-39(37)50(43(44)54)26-30-9-8-12-32(23-30)49-22-20-45-25-41(49)53/h5-18,23-24,27,29,36,40,42,45,52H,19-22,25-26,28H2,1-4H3/t29-,36?,40+,42-,44+/m1/s1.